The lowest BCUT2D eigenvalue weighted by molar-refractivity contribution is -0.318. The van der Waals surface area contributed by atoms with Gasteiger partial charge in [-0.25, -0.2) is 4.39 Å². The van der Waals surface area contributed by atoms with Crippen LogP contribution in [0.4, 0.5) is 17.6 Å². The summed E-state index contributed by atoms with van der Waals surface area (Å²) in [5, 5.41) is 0. The lowest BCUT2D eigenvalue weighted by atomic mass is 10.1. The lowest BCUT2D eigenvalue weighted by Crippen LogP contribution is -2.20. The van der Waals surface area contributed by atoms with E-state index in [1.54, 1.807) is 0 Å². The van der Waals surface area contributed by atoms with Crippen LogP contribution in [0.2, 0.25) is 0 Å². The van der Waals surface area contributed by atoms with Gasteiger partial charge in [0, 0.05) is 0 Å². The molecule has 15 heavy (non-hydrogen) atoms. The van der Waals surface area contributed by atoms with Gasteiger partial charge in [-0.15, -0.1) is 13.2 Å². The Labute approximate surface area is 82.5 Å². The Hall–Kier alpha value is -1.43. The molecular weight excluding hydrogens is 216 g/mol. The number of hydrogen-bond acceptors (Lipinski definition) is 2. The molecule has 0 aromatic heterocycles. The topological polar surface area (TPSA) is 26.3 Å². The van der Waals surface area contributed by atoms with Gasteiger partial charge in [0.15, 0.2) is 5.78 Å². The summed E-state index contributed by atoms with van der Waals surface area (Å²) in [6, 6.07) is 4.76. The van der Waals surface area contributed by atoms with E-state index in [9.17, 15) is 22.4 Å². The monoisotopic (exact) mass is 222 g/mol. The summed E-state index contributed by atoms with van der Waals surface area (Å²) in [5.74, 6) is -1.92. The zero-order valence-corrected chi connectivity index (χ0v) is 7.34. The van der Waals surface area contributed by atoms with Crippen molar-refractivity contribution < 1.29 is 27.1 Å². The van der Waals surface area contributed by atoms with Gasteiger partial charge in [-0.1, -0.05) is 12.1 Å². The number of ether oxygens (including phenoxy) is 1. The van der Waals surface area contributed by atoms with Crippen LogP contribution in [0, 0.1) is 5.82 Å². The third-order valence-corrected chi connectivity index (χ3v) is 1.54. The molecule has 0 saturated heterocycles. The molecule has 1 aromatic rings. The molecule has 0 heterocycles. The van der Waals surface area contributed by atoms with Crippen molar-refractivity contribution in [3.63, 3.8) is 0 Å². The molecule has 0 radical (unpaired) electrons. The van der Waals surface area contributed by atoms with Crippen molar-refractivity contribution in [2.24, 2.45) is 0 Å². The molecule has 0 fully saturated rings. The number of alkyl halides is 3. The molecule has 1 rings (SSSR count). The molecule has 82 valence electrons. The minimum atomic E-state index is -4.89. The highest BCUT2D eigenvalue weighted by molar-refractivity contribution is 5.97. The molecule has 0 N–H and O–H groups in total. The van der Waals surface area contributed by atoms with E-state index in [-0.39, 0.29) is 0 Å². The summed E-state index contributed by atoms with van der Waals surface area (Å²) >= 11 is 0. The second-order valence-corrected chi connectivity index (χ2v) is 2.64. The number of carbonyl (C=O) groups excluding carboxylic acids is 1. The van der Waals surface area contributed by atoms with Crippen molar-refractivity contribution in [1.82, 2.24) is 0 Å². The van der Waals surface area contributed by atoms with Crippen LogP contribution in [0.5, 0.6) is 0 Å². The molecular formula is C9H6F4O2. The highest BCUT2D eigenvalue weighted by Gasteiger charge is 2.30. The van der Waals surface area contributed by atoms with Gasteiger partial charge >= 0.3 is 6.36 Å². The summed E-state index contributed by atoms with van der Waals surface area (Å²) in [4.78, 5) is 11.0. The fraction of sp³-hybridized carbons (Fsp3) is 0.222. The zero-order chi connectivity index (χ0) is 11.5. The van der Waals surface area contributed by atoms with Crippen LogP contribution in [0.1, 0.15) is 10.4 Å². The fourth-order valence-corrected chi connectivity index (χ4v) is 0.912. The SMILES string of the molecule is O=C(COC(F)(F)F)c1ccccc1F. The summed E-state index contributed by atoms with van der Waals surface area (Å²) in [7, 11) is 0. The molecule has 0 saturated carbocycles. The average Bonchev–Trinajstić information content (AvgIpc) is 2.14. The van der Waals surface area contributed by atoms with E-state index in [0.29, 0.717) is 0 Å². The van der Waals surface area contributed by atoms with Crippen molar-refractivity contribution in [2.45, 2.75) is 6.36 Å². The maximum Gasteiger partial charge on any atom is 0.522 e. The largest absolute Gasteiger partial charge is 0.522 e. The van der Waals surface area contributed by atoms with Crippen LogP contribution in [0.3, 0.4) is 0 Å². The smallest absolute Gasteiger partial charge is 0.291 e. The van der Waals surface area contributed by atoms with Crippen molar-refractivity contribution in [3.8, 4) is 0 Å². The fourth-order valence-electron chi connectivity index (χ4n) is 0.912. The molecule has 2 nitrogen and oxygen atoms in total. The van der Waals surface area contributed by atoms with Crippen molar-refractivity contribution in [3.05, 3.63) is 35.6 Å². The van der Waals surface area contributed by atoms with E-state index < -0.39 is 30.1 Å². The Morgan fingerprint density at radius 1 is 1.27 bits per heavy atom. The highest BCUT2D eigenvalue weighted by Crippen LogP contribution is 2.17. The van der Waals surface area contributed by atoms with Crippen LogP contribution in [-0.4, -0.2) is 18.8 Å². The maximum absolute atomic E-state index is 12.9. The van der Waals surface area contributed by atoms with Gasteiger partial charge in [-0.05, 0) is 12.1 Å². The number of rotatable bonds is 3. The van der Waals surface area contributed by atoms with Crippen LogP contribution in [-0.2, 0) is 4.74 Å². The van der Waals surface area contributed by atoms with E-state index in [1.165, 1.54) is 12.1 Å². The molecule has 1 aromatic carbocycles. The quantitative estimate of drug-likeness (QED) is 0.580. The van der Waals surface area contributed by atoms with Crippen LogP contribution < -0.4 is 0 Å². The molecule has 0 amide bonds. The maximum atomic E-state index is 12.9. The summed E-state index contributed by atoms with van der Waals surface area (Å²) < 4.78 is 50.9. The second-order valence-electron chi connectivity index (χ2n) is 2.64. The van der Waals surface area contributed by atoms with E-state index in [0.717, 1.165) is 12.1 Å². The number of halogens is 4. The second kappa shape index (κ2) is 4.39. The first-order chi connectivity index (χ1) is 6.90. The minimum absolute atomic E-state index is 0.415. The van der Waals surface area contributed by atoms with Crippen molar-refractivity contribution >= 4 is 5.78 Å². The zero-order valence-electron chi connectivity index (χ0n) is 7.34. The Balaban J connectivity index is 2.66. The summed E-state index contributed by atoms with van der Waals surface area (Å²) in [6.07, 6.45) is -4.89. The standard InChI is InChI=1S/C9H6F4O2/c10-7-4-2-1-3-6(7)8(14)5-15-9(11,12)13/h1-4H,5H2. The van der Waals surface area contributed by atoms with E-state index in [4.69, 9.17) is 0 Å². The Morgan fingerprint density at radius 2 is 1.87 bits per heavy atom. The Morgan fingerprint density at radius 3 is 2.40 bits per heavy atom. The molecule has 0 atom stereocenters. The van der Waals surface area contributed by atoms with E-state index in [1.807, 2.05) is 0 Å². The predicted molar refractivity (Wildman–Crippen MR) is 42.7 cm³/mol. The Kier molecular flexibility index (Phi) is 3.41. The van der Waals surface area contributed by atoms with Gasteiger partial charge in [0.25, 0.3) is 0 Å². The first-order valence-corrected chi connectivity index (χ1v) is 3.88. The molecule has 0 spiro atoms. The number of hydrogen-bond donors (Lipinski definition) is 0. The van der Waals surface area contributed by atoms with Gasteiger partial charge in [0.05, 0.1) is 5.56 Å². The van der Waals surface area contributed by atoms with Crippen LogP contribution in [0.25, 0.3) is 0 Å². The third-order valence-electron chi connectivity index (χ3n) is 1.54. The van der Waals surface area contributed by atoms with E-state index in [2.05, 4.69) is 4.74 Å². The summed E-state index contributed by atoms with van der Waals surface area (Å²) in [6.45, 7) is -1.22. The number of Topliss-reactive ketones (excluding diaryl/α,β-unsaturated/α-hetero) is 1. The van der Waals surface area contributed by atoms with Gasteiger partial charge < -0.3 is 0 Å². The van der Waals surface area contributed by atoms with Crippen molar-refractivity contribution in [1.29, 1.82) is 0 Å². The molecule has 6 heteroatoms. The molecule has 0 aliphatic carbocycles. The van der Waals surface area contributed by atoms with Gasteiger partial charge in [-0.3, -0.25) is 9.53 Å². The minimum Gasteiger partial charge on any atom is -0.291 e. The predicted octanol–water partition coefficient (Wildman–Crippen LogP) is 2.54. The lowest BCUT2D eigenvalue weighted by Gasteiger charge is -2.06. The summed E-state index contributed by atoms with van der Waals surface area (Å²) in [5.41, 5.74) is -0.415. The van der Waals surface area contributed by atoms with Gasteiger partial charge in [0.1, 0.15) is 12.4 Å². The first kappa shape index (κ1) is 11.6. The molecule has 0 aliphatic rings. The van der Waals surface area contributed by atoms with Gasteiger partial charge in [-0.2, -0.15) is 0 Å². The first-order valence-electron chi connectivity index (χ1n) is 3.88. The molecule has 0 aliphatic heterocycles. The average molecular weight is 222 g/mol. The van der Waals surface area contributed by atoms with Crippen molar-refractivity contribution in [2.75, 3.05) is 6.61 Å². The third kappa shape index (κ3) is 3.67. The molecule has 0 bridgehead atoms. The number of ketones is 1. The van der Waals surface area contributed by atoms with Gasteiger partial charge in [0.2, 0.25) is 0 Å². The van der Waals surface area contributed by atoms with E-state index >= 15 is 0 Å². The van der Waals surface area contributed by atoms with Crippen LogP contribution >= 0.6 is 0 Å². The molecule has 0 unspecified atom stereocenters. The highest BCUT2D eigenvalue weighted by atomic mass is 19.4. The number of carbonyl (C=O) groups is 1. The normalized spacial score (nSPS) is 11.5. The number of benzene rings is 1. The Bertz CT molecular complexity index is 359. The van der Waals surface area contributed by atoms with Crippen LogP contribution in [0.15, 0.2) is 24.3 Å².